The summed E-state index contributed by atoms with van der Waals surface area (Å²) >= 11 is 0. The first-order valence-corrected chi connectivity index (χ1v) is 6.57. The number of hydrogen-bond acceptors (Lipinski definition) is 4. The fraction of sp³-hybridized carbons (Fsp3) is 0.571. The molecule has 100 valence electrons. The van der Waals surface area contributed by atoms with Gasteiger partial charge >= 0.3 is 0 Å². The molecule has 3 N–H and O–H groups in total. The van der Waals surface area contributed by atoms with Crippen molar-refractivity contribution in [2.45, 2.75) is 38.3 Å². The summed E-state index contributed by atoms with van der Waals surface area (Å²) in [6, 6.07) is 6.18. The standard InChI is InChI=1S/C14H22N2O2/c1-3-18-13-9-5-7-11(14(13)15)16-10-6-4-8-12(10)17-2/h5,7,9-10,12,16H,3-4,6,8,15H2,1-2H3. The van der Waals surface area contributed by atoms with Crippen LogP contribution in [-0.2, 0) is 4.74 Å². The molecular weight excluding hydrogens is 228 g/mol. The highest BCUT2D eigenvalue weighted by Gasteiger charge is 2.27. The fourth-order valence-electron chi connectivity index (χ4n) is 2.52. The highest BCUT2D eigenvalue weighted by molar-refractivity contribution is 5.73. The van der Waals surface area contributed by atoms with Gasteiger partial charge in [0.25, 0.3) is 0 Å². The number of rotatable bonds is 5. The molecule has 0 amide bonds. The second-order valence-electron chi connectivity index (χ2n) is 4.61. The molecule has 0 aliphatic heterocycles. The summed E-state index contributed by atoms with van der Waals surface area (Å²) < 4.78 is 11.0. The van der Waals surface area contributed by atoms with Gasteiger partial charge in [-0.25, -0.2) is 0 Å². The van der Waals surface area contributed by atoms with Crippen LogP contribution in [0, 0.1) is 0 Å². The maximum atomic E-state index is 6.11. The predicted molar refractivity (Wildman–Crippen MR) is 74.1 cm³/mol. The number of nitrogen functional groups attached to an aromatic ring is 1. The molecule has 2 rings (SSSR count). The van der Waals surface area contributed by atoms with Crippen molar-refractivity contribution in [3.63, 3.8) is 0 Å². The smallest absolute Gasteiger partial charge is 0.144 e. The highest BCUT2D eigenvalue weighted by Crippen LogP contribution is 2.32. The third kappa shape index (κ3) is 2.70. The van der Waals surface area contributed by atoms with Gasteiger partial charge in [-0.05, 0) is 38.3 Å². The zero-order valence-corrected chi connectivity index (χ0v) is 11.1. The quantitative estimate of drug-likeness (QED) is 0.789. The van der Waals surface area contributed by atoms with Crippen molar-refractivity contribution >= 4 is 11.4 Å². The molecule has 1 aliphatic rings. The first-order valence-electron chi connectivity index (χ1n) is 6.57. The summed E-state index contributed by atoms with van der Waals surface area (Å²) in [4.78, 5) is 0. The molecule has 1 fully saturated rings. The lowest BCUT2D eigenvalue weighted by atomic mass is 10.1. The Kier molecular flexibility index (Phi) is 4.31. The minimum atomic E-state index is 0.278. The van der Waals surface area contributed by atoms with E-state index in [-0.39, 0.29) is 6.10 Å². The van der Waals surface area contributed by atoms with E-state index < -0.39 is 0 Å². The summed E-state index contributed by atoms with van der Waals surface area (Å²) in [5.74, 6) is 0.745. The second kappa shape index (κ2) is 5.96. The molecule has 0 heterocycles. The Hall–Kier alpha value is -1.42. The molecule has 2 atom stereocenters. The molecule has 4 nitrogen and oxygen atoms in total. The summed E-state index contributed by atoms with van der Waals surface area (Å²) in [6.45, 7) is 2.58. The average Bonchev–Trinajstić information content (AvgIpc) is 2.82. The molecule has 1 aromatic carbocycles. The van der Waals surface area contributed by atoms with Crippen molar-refractivity contribution in [2.24, 2.45) is 0 Å². The van der Waals surface area contributed by atoms with Crippen molar-refractivity contribution in [3.05, 3.63) is 18.2 Å². The van der Waals surface area contributed by atoms with Crippen LogP contribution in [0.4, 0.5) is 11.4 Å². The number of para-hydroxylation sites is 1. The summed E-state index contributed by atoms with van der Waals surface area (Å²) in [6.07, 6.45) is 3.71. The first kappa shape index (κ1) is 13.0. The van der Waals surface area contributed by atoms with E-state index in [1.54, 1.807) is 7.11 Å². The molecule has 1 aliphatic carbocycles. The fourth-order valence-corrected chi connectivity index (χ4v) is 2.52. The largest absolute Gasteiger partial charge is 0.492 e. The zero-order chi connectivity index (χ0) is 13.0. The molecule has 0 saturated heterocycles. The molecule has 1 saturated carbocycles. The van der Waals surface area contributed by atoms with Crippen molar-refractivity contribution in [1.29, 1.82) is 0 Å². The van der Waals surface area contributed by atoms with Gasteiger partial charge in [-0.15, -0.1) is 0 Å². The number of anilines is 2. The normalized spacial score (nSPS) is 23.0. The maximum Gasteiger partial charge on any atom is 0.144 e. The number of ether oxygens (including phenoxy) is 2. The van der Waals surface area contributed by atoms with Crippen molar-refractivity contribution in [2.75, 3.05) is 24.8 Å². The molecule has 0 bridgehead atoms. The Morgan fingerprint density at radius 3 is 2.94 bits per heavy atom. The van der Waals surface area contributed by atoms with Gasteiger partial charge in [-0.2, -0.15) is 0 Å². The van der Waals surface area contributed by atoms with Gasteiger partial charge in [-0.3, -0.25) is 0 Å². The van der Waals surface area contributed by atoms with Crippen LogP contribution in [0.5, 0.6) is 5.75 Å². The lowest BCUT2D eigenvalue weighted by molar-refractivity contribution is 0.101. The minimum absolute atomic E-state index is 0.278. The van der Waals surface area contributed by atoms with E-state index in [0.717, 1.165) is 24.3 Å². The third-order valence-electron chi connectivity index (χ3n) is 3.46. The number of hydrogen-bond donors (Lipinski definition) is 2. The van der Waals surface area contributed by atoms with Crippen LogP contribution in [0.2, 0.25) is 0 Å². The summed E-state index contributed by atoms with van der Waals surface area (Å²) in [5.41, 5.74) is 7.73. The molecule has 2 unspecified atom stereocenters. The number of benzene rings is 1. The Bertz CT molecular complexity index is 395. The van der Waals surface area contributed by atoms with Crippen LogP contribution < -0.4 is 15.8 Å². The molecule has 1 aromatic rings. The van der Waals surface area contributed by atoms with Crippen LogP contribution >= 0.6 is 0 Å². The molecule has 0 radical (unpaired) electrons. The first-order chi connectivity index (χ1) is 8.76. The molecular formula is C14H22N2O2. The van der Waals surface area contributed by atoms with Gasteiger partial charge in [0.15, 0.2) is 0 Å². The van der Waals surface area contributed by atoms with E-state index in [2.05, 4.69) is 5.32 Å². The van der Waals surface area contributed by atoms with E-state index in [9.17, 15) is 0 Å². The lowest BCUT2D eigenvalue weighted by Gasteiger charge is -2.22. The monoisotopic (exact) mass is 250 g/mol. The summed E-state index contributed by atoms with van der Waals surface area (Å²) in [5, 5.41) is 3.48. The van der Waals surface area contributed by atoms with Gasteiger partial charge in [-0.1, -0.05) is 6.07 Å². The van der Waals surface area contributed by atoms with E-state index >= 15 is 0 Å². The third-order valence-corrected chi connectivity index (χ3v) is 3.46. The maximum absolute atomic E-state index is 6.11. The summed E-state index contributed by atoms with van der Waals surface area (Å²) in [7, 11) is 1.77. The van der Waals surface area contributed by atoms with Crippen LogP contribution in [0.1, 0.15) is 26.2 Å². The van der Waals surface area contributed by atoms with E-state index in [1.807, 2.05) is 25.1 Å². The highest BCUT2D eigenvalue weighted by atomic mass is 16.5. The number of methoxy groups -OCH3 is 1. The SMILES string of the molecule is CCOc1cccc(NC2CCCC2OC)c1N. The lowest BCUT2D eigenvalue weighted by Crippen LogP contribution is -2.30. The van der Waals surface area contributed by atoms with Crippen molar-refractivity contribution < 1.29 is 9.47 Å². The van der Waals surface area contributed by atoms with E-state index in [4.69, 9.17) is 15.2 Å². The Morgan fingerprint density at radius 2 is 2.22 bits per heavy atom. The number of nitrogens with one attached hydrogen (secondary N) is 1. The van der Waals surface area contributed by atoms with Gasteiger partial charge < -0.3 is 20.5 Å². The van der Waals surface area contributed by atoms with Gasteiger partial charge in [0.2, 0.25) is 0 Å². The molecule has 0 aromatic heterocycles. The Balaban J connectivity index is 2.11. The van der Waals surface area contributed by atoms with E-state index in [1.165, 1.54) is 6.42 Å². The van der Waals surface area contributed by atoms with Crippen LogP contribution in [0.15, 0.2) is 18.2 Å². The van der Waals surface area contributed by atoms with Gasteiger partial charge in [0.1, 0.15) is 5.75 Å². The van der Waals surface area contributed by atoms with E-state index in [0.29, 0.717) is 18.3 Å². The van der Waals surface area contributed by atoms with Gasteiger partial charge in [0.05, 0.1) is 30.1 Å². The molecule has 4 heteroatoms. The second-order valence-corrected chi connectivity index (χ2v) is 4.61. The Labute approximate surface area is 108 Å². The topological polar surface area (TPSA) is 56.5 Å². The van der Waals surface area contributed by atoms with Gasteiger partial charge in [0, 0.05) is 7.11 Å². The van der Waals surface area contributed by atoms with Crippen LogP contribution in [0.3, 0.4) is 0 Å². The Morgan fingerprint density at radius 1 is 1.39 bits per heavy atom. The predicted octanol–water partition coefficient (Wildman–Crippen LogP) is 2.65. The molecule has 0 spiro atoms. The zero-order valence-electron chi connectivity index (χ0n) is 11.1. The van der Waals surface area contributed by atoms with Crippen molar-refractivity contribution in [3.8, 4) is 5.75 Å². The van der Waals surface area contributed by atoms with Crippen LogP contribution in [0.25, 0.3) is 0 Å². The van der Waals surface area contributed by atoms with Crippen LogP contribution in [-0.4, -0.2) is 25.9 Å². The number of nitrogens with two attached hydrogens (primary N) is 1. The average molecular weight is 250 g/mol. The molecule has 18 heavy (non-hydrogen) atoms. The van der Waals surface area contributed by atoms with Crippen molar-refractivity contribution in [1.82, 2.24) is 0 Å². The minimum Gasteiger partial charge on any atom is -0.492 e.